The lowest BCUT2D eigenvalue weighted by Crippen LogP contribution is -2.29. The Morgan fingerprint density at radius 2 is 2.15 bits per heavy atom. The van der Waals surface area contributed by atoms with Crippen molar-refractivity contribution < 1.29 is 0 Å². The molecule has 13 heavy (non-hydrogen) atoms. The first-order valence-corrected chi connectivity index (χ1v) is 5.07. The van der Waals surface area contributed by atoms with Crippen molar-refractivity contribution in [3.05, 3.63) is 17.7 Å². The number of rotatable bonds is 2. The Hall–Kier alpha value is -0.830. The van der Waals surface area contributed by atoms with Gasteiger partial charge in [0.25, 0.3) is 0 Å². The van der Waals surface area contributed by atoms with E-state index in [1.54, 1.807) is 0 Å². The van der Waals surface area contributed by atoms with Crippen molar-refractivity contribution in [1.29, 1.82) is 0 Å². The largest absolute Gasteiger partial charge is 0.345 e. The zero-order valence-electron chi connectivity index (χ0n) is 8.21. The van der Waals surface area contributed by atoms with Crippen molar-refractivity contribution in [2.75, 3.05) is 13.1 Å². The normalized spacial score (nSPS) is 19.2. The molecule has 0 bridgehead atoms. The van der Waals surface area contributed by atoms with Gasteiger partial charge in [-0.2, -0.15) is 0 Å². The zero-order chi connectivity index (χ0) is 9.10. The molecule has 3 nitrogen and oxygen atoms in total. The van der Waals surface area contributed by atoms with Crippen LogP contribution in [0.4, 0.5) is 0 Å². The Morgan fingerprint density at radius 3 is 2.77 bits per heavy atom. The van der Waals surface area contributed by atoms with Gasteiger partial charge >= 0.3 is 0 Å². The van der Waals surface area contributed by atoms with Gasteiger partial charge in [-0.25, -0.2) is 4.98 Å². The zero-order valence-corrected chi connectivity index (χ0v) is 8.21. The minimum atomic E-state index is 1.02. The molecule has 1 aromatic heterocycles. The van der Waals surface area contributed by atoms with Gasteiger partial charge < -0.3 is 4.98 Å². The molecule has 0 radical (unpaired) electrons. The number of hydrogen-bond acceptors (Lipinski definition) is 2. The van der Waals surface area contributed by atoms with Crippen LogP contribution in [0.15, 0.2) is 6.20 Å². The van der Waals surface area contributed by atoms with Crippen LogP contribution in [0.2, 0.25) is 0 Å². The molecule has 0 spiro atoms. The molecule has 3 heteroatoms. The van der Waals surface area contributed by atoms with E-state index in [9.17, 15) is 0 Å². The van der Waals surface area contributed by atoms with E-state index in [0.29, 0.717) is 0 Å². The van der Waals surface area contributed by atoms with E-state index >= 15 is 0 Å². The van der Waals surface area contributed by atoms with Crippen molar-refractivity contribution in [1.82, 2.24) is 14.9 Å². The van der Waals surface area contributed by atoms with Crippen molar-refractivity contribution in [2.45, 2.75) is 32.7 Å². The van der Waals surface area contributed by atoms with E-state index < -0.39 is 0 Å². The summed E-state index contributed by atoms with van der Waals surface area (Å²) in [6, 6.07) is 0. The molecule has 0 unspecified atom stereocenters. The summed E-state index contributed by atoms with van der Waals surface area (Å²) in [5.74, 6) is 1.02. The monoisotopic (exact) mass is 179 g/mol. The average molecular weight is 179 g/mol. The molecule has 1 aliphatic heterocycles. The lowest BCUT2D eigenvalue weighted by atomic mass is 10.1. The minimum Gasteiger partial charge on any atom is -0.345 e. The second-order valence-electron chi connectivity index (χ2n) is 3.83. The predicted octanol–water partition coefficient (Wildman–Crippen LogP) is 1.70. The van der Waals surface area contributed by atoms with Crippen LogP contribution in [0.1, 0.15) is 30.8 Å². The van der Waals surface area contributed by atoms with E-state index in [1.807, 2.05) is 13.1 Å². The number of nitrogens with one attached hydrogen (secondary N) is 1. The van der Waals surface area contributed by atoms with Crippen LogP contribution in [0.25, 0.3) is 0 Å². The molecule has 2 heterocycles. The highest BCUT2D eigenvalue weighted by atomic mass is 15.1. The highest BCUT2D eigenvalue weighted by Gasteiger charge is 2.10. The van der Waals surface area contributed by atoms with Crippen LogP contribution in [0.3, 0.4) is 0 Å². The second-order valence-corrected chi connectivity index (χ2v) is 3.83. The van der Waals surface area contributed by atoms with Gasteiger partial charge in [0.15, 0.2) is 0 Å². The SMILES string of the molecule is Cc1ncc(CN2CCCCC2)[nH]1. The van der Waals surface area contributed by atoms with Crippen molar-refractivity contribution in [3.63, 3.8) is 0 Å². The summed E-state index contributed by atoms with van der Waals surface area (Å²) in [6.07, 6.45) is 6.06. The van der Waals surface area contributed by atoms with Gasteiger partial charge in [0.2, 0.25) is 0 Å². The molecule has 0 aromatic carbocycles. The van der Waals surface area contributed by atoms with E-state index in [2.05, 4.69) is 14.9 Å². The molecule has 1 N–H and O–H groups in total. The number of H-pyrrole nitrogens is 1. The highest BCUT2D eigenvalue weighted by Crippen LogP contribution is 2.11. The second kappa shape index (κ2) is 3.92. The summed E-state index contributed by atoms with van der Waals surface area (Å²) in [6.45, 7) is 5.54. The topological polar surface area (TPSA) is 31.9 Å². The standard InChI is InChI=1S/C10H17N3/c1-9-11-7-10(12-9)8-13-5-3-2-4-6-13/h7H,2-6,8H2,1H3,(H,11,12). The molecule has 1 aromatic rings. The average Bonchev–Trinajstić information content (AvgIpc) is 2.53. The van der Waals surface area contributed by atoms with Crippen molar-refractivity contribution in [3.8, 4) is 0 Å². The molecule has 1 aliphatic rings. The van der Waals surface area contributed by atoms with Crippen LogP contribution in [0, 0.1) is 6.92 Å². The summed E-state index contributed by atoms with van der Waals surface area (Å²) in [5.41, 5.74) is 1.25. The maximum atomic E-state index is 4.20. The molecule has 72 valence electrons. The van der Waals surface area contributed by atoms with E-state index in [4.69, 9.17) is 0 Å². The third-order valence-electron chi connectivity index (χ3n) is 2.60. The molecular formula is C10H17N3. The number of imidazole rings is 1. The maximum Gasteiger partial charge on any atom is 0.103 e. The lowest BCUT2D eigenvalue weighted by Gasteiger charge is -2.25. The van der Waals surface area contributed by atoms with Gasteiger partial charge in [-0.3, -0.25) is 4.90 Å². The van der Waals surface area contributed by atoms with Gasteiger partial charge in [-0.05, 0) is 32.9 Å². The number of aromatic nitrogens is 2. The Bertz CT molecular complexity index is 261. The van der Waals surface area contributed by atoms with Gasteiger partial charge in [-0.1, -0.05) is 6.42 Å². The number of nitrogens with zero attached hydrogens (tertiary/aromatic N) is 2. The molecule has 1 saturated heterocycles. The molecule has 2 rings (SSSR count). The first-order chi connectivity index (χ1) is 6.34. The Labute approximate surface area is 79.2 Å². The summed E-state index contributed by atoms with van der Waals surface area (Å²) in [5, 5.41) is 0. The van der Waals surface area contributed by atoms with Gasteiger partial charge in [0, 0.05) is 18.4 Å². The third-order valence-corrected chi connectivity index (χ3v) is 2.60. The van der Waals surface area contributed by atoms with Crippen molar-refractivity contribution in [2.24, 2.45) is 0 Å². The number of hydrogen-bond donors (Lipinski definition) is 1. The smallest absolute Gasteiger partial charge is 0.103 e. The summed E-state index contributed by atoms with van der Waals surface area (Å²) < 4.78 is 0. The number of likely N-dealkylation sites (tertiary alicyclic amines) is 1. The fraction of sp³-hybridized carbons (Fsp3) is 0.700. The van der Waals surface area contributed by atoms with E-state index in [1.165, 1.54) is 38.0 Å². The fourth-order valence-corrected chi connectivity index (χ4v) is 1.91. The molecule has 0 amide bonds. The molecular weight excluding hydrogens is 162 g/mol. The molecule has 1 fully saturated rings. The Morgan fingerprint density at radius 1 is 1.38 bits per heavy atom. The highest BCUT2D eigenvalue weighted by molar-refractivity contribution is 4.99. The minimum absolute atomic E-state index is 1.02. The molecule has 0 aliphatic carbocycles. The van der Waals surface area contributed by atoms with Crippen LogP contribution in [-0.4, -0.2) is 28.0 Å². The van der Waals surface area contributed by atoms with Gasteiger partial charge in [0.05, 0.1) is 0 Å². The first-order valence-electron chi connectivity index (χ1n) is 5.07. The predicted molar refractivity (Wildman–Crippen MR) is 52.5 cm³/mol. The van der Waals surface area contributed by atoms with E-state index in [0.717, 1.165) is 12.4 Å². The van der Waals surface area contributed by atoms with Crippen LogP contribution in [0.5, 0.6) is 0 Å². The summed E-state index contributed by atoms with van der Waals surface area (Å²) >= 11 is 0. The van der Waals surface area contributed by atoms with Crippen LogP contribution >= 0.6 is 0 Å². The number of aryl methyl sites for hydroxylation is 1. The number of piperidine rings is 1. The lowest BCUT2D eigenvalue weighted by molar-refractivity contribution is 0.219. The first kappa shape index (κ1) is 8.75. The molecule has 0 atom stereocenters. The van der Waals surface area contributed by atoms with Crippen molar-refractivity contribution >= 4 is 0 Å². The van der Waals surface area contributed by atoms with Gasteiger partial charge in [0.1, 0.15) is 5.82 Å². The van der Waals surface area contributed by atoms with Gasteiger partial charge in [-0.15, -0.1) is 0 Å². The Kier molecular flexibility index (Phi) is 2.64. The van der Waals surface area contributed by atoms with E-state index in [-0.39, 0.29) is 0 Å². The van der Waals surface area contributed by atoms with Crippen LogP contribution in [-0.2, 0) is 6.54 Å². The summed E-state index contributed by atoms with van der Waals surface area (Å²) in [7, 11) is 0. The molecule has 0 saturated carbocycles. The fourth-order valence-electron chi connectivity index (χ4n) is 1.91. The van der Waals surface area contributed by atoms with Crippen LogP contribution < -0.4 is 0 Å². The quantitative estimate of drug-likeness (QED) is 0.749. The number of aromatic amines is 1. The third kappa shape index (κ3) is 2.31. The maximum absolute atomic E-state index is 4.20. The Balaban J connectivity index is 1.89. The summed E-state index contributed by atoms with van der Waals surface area (Å²) in [4.78, 5) is 9.97.